The van der Waals surface area contributed by atoms with E-state index < -0.39 is 0 Å². The van der Waals surface area contributed by atoms with Gasteiger partial charge in [0.15, 0.2) is 5.82 Å². The van der Waals surface area contributed by atoms with Gasteiger partial charge < -0.3 is 0 Å². The van der Waals surface area contributed by atoms with Gasteiger partial charge >= 0.3 is 0 Å². The predicted octanol–water partition coefficient (Wildman–Crippen LogP) is 4.44. The zero-order valence-corrected chi connectivity index (χ0v) is 19.1. The Morgan fingerprint density at radius 3 is 2.29 bits per heavy atom. The number of nitrogens with one attached hydrogen (secondary N) is 1. The minimum atomic E-state index is -0.159. The van der Waals surface area contributed by atoms with E-state index in [2.05, 4.69) is 65.0 Å². The second-order valence-electron chi connectivity index (χ2n) is 8.78. The highest BCUT2D eigenvalue weighted by molar-refractivity contribution is 5.85. The van der Waals surface area contributed by atoms with E-state index >= 15 is 0 Å². The molecule has 0 atom stereocenters. The molecule has 0 saturated heterocycles. The van der Waals surface area contributed by atoms with E-state index in [1.54, 1.807) is 6.07 Å². The van der Waals surface area contributed by atoms with Crippen molar-refractivity contribution in [3.8, 4) is 11.4 Å². The number of nitrogens with zero attached hydrogens (tertiary/aromatic N) is 4. The molecular formula is C24H28ClN5O. The van der Waals surface area contributed by atoms with Gasteiger partial charge in [-0.25, -0.2) is 4.98 Å². The first-order valence-electron chi connectivity index (χ1n) is 10.1. The molecule has 4 aromatic rings. The summed E-state index contributed by atoms with van der Waals surface area (Å²) in [6, 6.07) is 20.1. The van der Waals surface area contributed by atoms with Crippen LogP contribution < -0.4 is 5.56 Å². The highest BCUT2D eigenvalue weighted by Crippen LogP contribution is 2.24. The van der Waals surface area contributed by atoms with Crippen LogP contribution in [0.2, 0.25) is 0 Å². The van der Waals surface area contributed by atoms with Crippen LogP contribution in [0.3, 0.4) is 0 Å². The molecule has 162 valence electrons. The fourth-order valence-corrected chi connectivity index (χ4v) is 3.49. The van der Waals surface area contributed by atoms with Gasteiger partial charge in [0.1, 0.15) is 0 Å². The van der Waals surface area contributed by atoms with Crippen molar-refractivity contribution in [3.05, 3.63) is 87.8 Å². The summed E-state index contributed by atoms with van der Waals surface area (Å²) in [5.41, 5.74) is 4.04. The van der Waals surface area contributed by atoms with Crippen LogP contribution in [0, 0.1) is 0 Å². The number of benzene rings is 2. The maximum atomic E-state index is 12.6. The summed E-state index contributed by atoms with van der Waals surface area (Å²) in [6.07, 6.45) is 0. The monoisotopic (exact) mass is 437 g/mol. The quantitative estimate of drug-likeness (QED) is 0.501. The molecular weight excluding hydrogens is 410 g/mol. The van der Waals surface area contributed by atoms with Gasteiger partial charge in [0.05, 0.1) is 5.69 Å². The van der Waals surface area contributed by atoms with Gasteiger partial charge in [0.2, 0.25) is 0 Å². The number of rotatable bonds is 5. The third-order valence-electron chi connectivity index (χ3n) is 5.14. The molecule has 2 aromatic carbocycles. The van der Waals surface area contributed by atoms with Crippen LogP contribution in [-0.4, -0.2) is 31.5 Å². The Hall–Kier alpha value is -2.96. The number of aromatic amines is 1. The van der Waals surface area contributed by atoms with E-state index in [1.165, 1.54) is 15.6 Å². The number of hydrogen-bond donors (Lipinski definition) is 1. The molecule has 0 radical (unpaired) electrons. The first kappa shape index (κ1) is 22.7. The molecule has 0 aliphatic carbocycles. The highest BCUT2D eigenvalue weighted by Gasteiger charge is 2.15. The number of aromatic nitrogens is 4. The van der Waals surface area contributed by atoms with Crippen LogP contribution in [-0.2, 0) is 18.5 Å². The standard InChI is InChI=1S/C24H27N5O.ClH/c1-24(2,3)19-12-10-18(11-13-19)22-26-23-25-20(14-21(30)29(23)27-22)16-28(4)15-17-8-6-5-7-9-17;/h5-14H,15-16H2,1-4H3,(H,25,26,27);1H. The van der Waals surface area contributed by atoms with Crippen LogP contribution in [0.15, 0.2) is 65.5 Å². The topological polar surface area (TPSA) is 66.3 Å². The molecule has 2 aromatic heterocycles. The average Bonchev–Trinajstić information content (AvgIpc) is 3.13. The SMILES string of the molecule is CN(Cc1ccccc1)Cc1cc(=O)n2[nH]c(-c3ccc(C(C)(C)C)cc3)nc2n1.Cl. The molecule has 4 rings (SSSR count). The number of halogens is 1. The molecule has 31 heavy (non-hydrogen) atoms. The third-order valence-corrected chi connectivity index (χ3v) is 5.14. The molecule has 0 fully saturated rings. The van der Waals surface area contributed by atoms with Crippen molar-refractivity contribution in [2.75, 3.05) is 7.05 Å². The largest absolute Gasteiger partial charge is 0.296 e. The van der Waals surface area contributed by atoms with E-state index in [-0.39, 0.29) is 23.4 Å². The van der Waals surface area contributed by atoms with Crippen molar-refractivity contribution in [1.82, 2.24) is 24.5 Å². The lowest BCUT2D eigenvalue weighted by atomic mass is 9.87. The third kappa shape index (κ3) is 5.21. The lowest BCUT2D eigenvalue weighted by Crippen LogP contribution is -2.22. The van der Waals surface area contributed by atoms with E-state index in [0.717, 1.165) is 12.1 Å². The lowest BCUT2D eigenvalue weighted by Gasteiger charge is -2.18. The van der Waals surface area contributed by atoms with E-state index in [1.807, 2.05) is 37.4 Å². The Balaban J connectivity index is 0.00000272. The van der Waals surface area contributed by atoms with E-state index in [9.17, 15) is 4.79 Å². The minimum absolute atomic E-state index is 0. The molecule has 0 aliphatic heterocycles. The normalized spacial score (nSPS) is 11.6. The molecule has 7 heteroatoms. The second kappa shape index (κ2) is 9.04. The summed E-state index contributed by atoms with van der Waals surface area (Å²) in [4.78, 5) is 23.9. The molecule has 0 saturated carbocycles. The van der Waals surface area contributed by atoms with E-state index in [0.29, 0.717) is 23.8 Å². The van der Waals surface area contributed by atoms with Crippen molar-refractivity contribution >= 4 is 18.2 Å². The second-order valence-corrected chi connectivity index (χ2v) is 8.78. The van der Waals surface area contributed by atoms with Gasteiger partial charge in [-0.15, -0.1) is 12.4 Å². The number of hydrogen-bond acceptors (Lipinski definition) is 4. The van der Waals surface area contributed by atoms with Crippen molar-refractivity contribution in [1.29, 1.82) is 0 Å². The van der Waals surface area contributed by atoms with Crippen molar-refractivity contribution < 1.29 is 0 Å². The minimum Gasteiger partial charge on any atom is -0.296 e. The van der Waals surface area contributed by atoms with E-state index in [4.69, 9.17) is 0 Å². The molecule has 6 nitrogen and oxygen atoms in total. The summed E-state index contributed by atoms with van der Waals surface area (Å²) in [5, 5.41) is 3.08. The molecule has 0 spiro atoms. The molecule has 1 N–H and O–H groups in total. The lowest BCUT2D eigenvalue weighted by molar-refractivity contribution is 0.315. The Bertz CT molecular complexity index is 1210. The number of fused-ring (bicyclic) bond motifs is 1. The fraction of sp³-hybridized carbons (Fsp3) is 0.292. The van der Waals surface area contributed by atoms with Crippen molar-refractivity contribution in [2.24, 2.45) is 0 Å². The summed E-state index contributed by atoms with van der Waals surface area (Å²) in [7, 11) is 2.02. The number of H-pyrrole nitrogens is 1. The maximum Gasteiger partial charge on any atom is 0.274 e. The van der Waals surface area contributed by atoms with Crippen molar-refractivity contribution in [3.63, 3.8) is 0 Å². The molecule has 2 heterocycles. The molecule has 0 aliphatic rings. The van der Waals surface area contributed by atoms with Gasteiger partial charge in [-0.1, -0.05) is 75.4 Å². The smallest absolute Gasteiger partial charge is 0.274 e. The van der Waals surface area contributed by atoms with Crippen LogP contribution >= 0.6 is 12.4 Å². The van der Waals surface area contributed by atoms with Gasteiger partial charge in [-0.2, -0.15) is 9.50 Å². The van der Waals surface area contributed by atoms with Gasteiger partial charge in [-0.05, 0) is 23.6 Å². The van der Waals surface area contributed by atoms with Gasteiger partial charge in [-0.3, -0.25) is 14.8 Å². The summed E-state index contributed by atoms with van der Waals surface area (Å²) in [5.74, 6) is 1.02. The Labute approximate surface area is 188 Å². The average molecular weight is 438 g/mol. The summed E-state index contributed by atoms with van der Waals surface area (Å²) < 4.78 is 1.40. The zero-order chi connectivity index (χ0) is 21.3. The zero-order valence-electron chi connectivity index (χ0n) is 18.3. The Kier molecular flexibility index (Phi) is 6.62. The van der Waals surface area contributed by atoms with Crippen LogP contribution in [0.5, 0.6) is 0 Å². The molecule has 0 unspecified atom stereocenters. The van der Waals surface area contributed by atoms with Crippen molar-refractivity contribution in [2.45, 2.75) is 39.3 Å². The fourth-order valence-electron chi connectivity index (χ4n) is 3.49. The first-order chi connectivity index (χ1) is 14.3. The van der Waals surface area contributed by atoms with Crippen LogP contribution in [0.25, 0.3) is 17.2 Å². The van der Waals surface area contributed by atoms with Gasteiger partial charge in [0.25, 0.3) is 11.3 Å². The predicted molar refractivity (Wildman–Crippen MR) is 127 cm³/mol. The Morgan fingerprint density at radius 1 is 0.968 bits per heavy atom. The Morgan fingerprint density at radius 2 is 1.65 bits per heavy atom. The molecule has 0 amide bonds. The first-order valence-corrected chi connectivity index (χ1v) is 10.1. The van der Waals surface area contributed by atoms with Gasteiger partial charge in [0, 0.05) is 24.7 Å². The van der Waals surface area contributed by atoms with Crippen LogP contribution in [0.1, 0.15) is 37.6 Å². The summed E-state index contributed by atoms with van der Waals surface area (Å²) in [6.45, 7) is 7.91. The molecule has 0 bridgehead atoms. The van der Waals surface area contributed by atoms with Crippen LogP contribution in [0.4, 0.5) is 0 Å². The maximum absolute atomic E-state index is 12.6. The highest BCUT2D eigenvalue weighted by atomic mass is 35.5. The summed E-state index contributed by atoms with van der Waals surface area (Å²) >= 11 is 0.